The molecule has 1 rings (SSSR count). The highest BCUT2D eigenvalue weighted by Gasteiger charge is 2.15. The van der Waals surface area contributed by atoms with E-state index in [1.54, 1.807) is 26.8 Å². The SMILES string of the molecule is CC(C)(C)OC(=O)NCCC(=O)NCCNC(=O)CCc1ccccc1Cl. The smallest absolute Gasteiger partial charge is 0.407 e. The van der Waals surface area contributed by atoms with Gasteiger partial charge in [0.15, 0.2) is 0 Å². The van der Waals surface area contributed by atoms with E-state index >= 15 is 0 Å². The van der Waals surface area contributed by atoms with E-state index in [-0.39, 0.29) is 24.8 Å². The number of rotatable bonds is 9. The molecule has 0 aliphatic heterocycles. The van der Waals surface area contributed by atoms with E-state index < -0.39 is 11.7 Å². The zero-order valence-electron chi connectivity index (χ0n) is 16.1. The third kappa shape index (κ3) is 11.1. The van der Waals surface area contributed by atoms with Gasteiger partial charge in [-0.05, 0) is 38.8 Å². The van der Waals surface area contributed by atoms with Crippen LogP contribution in [0, 0.1) is 0 Å². The summed E-state index contributed by atoms with van der Waals surface area (Å²) in [7, 11) is 0. The lowest BCUT2D eigenvalue weighted by molar-refractivity contribution is -0.122. The van der Waals surface area contributed by atoms with Gasteiger partial charge in [-0.2, -0.15) is 0 Å². The molecule has 3 amide bonds. The third-order valence-electron chi connectivity index (χ3n) is 3.37. The second-order valence-electron chi connectivity index (χ2n) is 6.97. The number of halogens is 1. The van der Waals surface area contributed by atoms with Gasteiger partial charge in [-0.25, -0.2) is 4.79 Å². The van der Waals surface area contributed by atoms with Crippen LogP contribution in [0.4, 0.5) is 4.79 Å². The van der Waals surface area contributed by atoms with Crippen molar-refractivity contribution in [2.45, 2.75) is 45.6 Å². The van der Waals surface area contributed by atoms with Crippen LogP contribution >= 0.6 is 11.6 Å². The number of alkyl carbamates (subject to hydrolysis) is 1. The quantitative estimate of drug-likeness (QED) is 0.557. The molecular formula is C19H28ClN3O4. The van der Waals surface area contributed by atoms with Crippen molar-refractivity contribution in [1.82, 2.24) is 16.0 Å². The molecule has 0 heterocycles. The van der Waals surface area contributed by atoms with Crippen LogP contribution in [0.15, 0.2) is 24.3 Å². The lowest BCUT2D eigenvalue weighted by atomic mass is 10.1. The van der Waals surface area contributed by atoms with Crippen molar-refractivity contribution < 1.29 is 19.1 Å². The van der Waals surface area contributed by atoms with E-state index in [1.807, 2.05) is 18.2 Å². The molecule has 1 aromatic carbocycles. The molecule has 0 fully saturated rings. The summed E-state index contributed by atoms with van der Waals surface area (Å²) in [6.07, 6.45) is 0.479. The summed E-state index contributed by atoms with van der Waals surface area (Å²) in [6.45, 7) is 6.15. The van der Waals surface area contributed by atoms with Crippen molar-refractivity contribution in [2.75, 3.05) is 19.6 Å². The van der Waals surface area contributed by atoms with Crippen LogP contribution in [0.5, 0.6) is 0 Å². The summed E-state index contributed by atoms with van der Waals surface area (Å²) in [5.74, 6) is -0.313. The summed E-state index contributed by atoms with van der Waals surface area (Å²) in [5.41, 5.74) is 0.358. The van der Waals surface area contributed by atoms with Gasteiger partial charge in [0.1, 0.15) is 5.60 Å². The molecule has 7 nitrogen and oxygen atoms in total. The number of aryl methyl sites for hydroxylation is 1. The lowest BCUT2D eigenvalue weighted by Crippen LogP contribution is -2.37. The first-order valence-electron chi connectivity index (χ1n) is 8.91. The lowest BCUT2D eigenvalue weighted by Gasteiger charge is -2.19. The van der Waals surface area contributed by atoms with Gasteiger partial charge in [0.05, 0.1) is 0 Å². The fourth-order valence-electron chi connectivity index (χ4n) is 2.12. The minimum atomic E-state index is -0.573. The van der Waals surface area contributed by atoms with Crippen LogP contribution in [0.3, 0.4) is 0 Å². The highest BCUT2D eigenvalue weighted by molar-refractivity contribution is 6.31. The third-order valence-corrected chi connectivity index (χ3v) is 3.74. The summed E-state index contributed by atoms with van der Waals surface area (Å²) < 4.78 is 5.07. The molecule has 0 radical (unpaired) electrons. The normalized spacial score (nSPS) is 10.8. The fraction of sp³-hybridized carbons (Fsp3) is 0.526. The van der Waals surface area contributed by atoms with Gasteiger partial charge < -0.3 is 20.7 Å². The first-order valence-corrected chi connectivity index (χ1v) is 9.29. The van der Waals surface area contributed by atoms with E-state index in [1.165, 1.54) is 0 Å². The van der Waals surface area contributed by atoms with Crippen LogP contribution in [-0.2, 0) is 20.7 Å². The van der Waals surface area contributed by atoms with Crippen LogP contribution in [-0.4, -0.2) is 43.1 Å². The molecular weight excluding hydrogens is 370 g/mol. The van der Waals surface area contributed by atoms with Gasteiger partial charge in [0.25, 0.3) is 0 Å². The standard InChI is InChI=1S/C19H28ClN3O4/c1-19(2,3)27-18(26)23-11-10-17(25)22-13-12-21-16(24)9-8-14-6-4-5-7-15(14)20/h4-7H,8-13H2,1-3H3,(H,21,24)(H,22,25)(H,23,26). The Morgan fingerprint density at radius 3 is 2.11 bits per heavy atom. The maximum absolute atomic E-state index is 11.8. The van der Waals surface area contributed by atoms with Gasteiger partial charge in [-0.1, -0.05) is 29.8 Å². The minimum Gasteiger partial charge on any atom is -0.444 e. The van der Waals surface area contributed by atoms with E-state index in [9.17, 15) is 14.4 Å². The van der Waals surface area contributed by atoms with Gasteiger partial charge in [0, 0.05) is 37.5 Å². The van der Waals surface area contributed by atoms with Gasteiger partial charge in [0.2, 0.25) is 11.8 Å². The first-order chi connectivity index (χ1) is 12.7. The molecule has 150 valence electrons. The molecule has 8 heteroatoms. The molecule has 1 aromatic rings. The highest BCUT2D eigenvalue weighted by Crippen LogP contribution is 2.16. The molecule has 0 spiro atoms. The van der Waals surface area contributed by atoms with Crippen molar-refractivity contribution in [2.24, 2.45) is 0 Å². The molecule has 0 saturated carbocycles. The zero-order chi connectivity index (χ0) is 20.3. The second-order valence-corrected chi connectivity index (χ2v) is 7.38. The maximum atomic E-state index is 11.8. The molecule has 0 bridgehead atoms. The van der Waals surface area contributed by atoms with Crippen LogP contribution < -0.4 is 16.0 Å². The van der Waals surface area contributed by atoms with Crippen molar-refractivity contribution >= 4 is 29.5 Å². The predicted octanol–water partition coefficient (Wildman–Crippen LogP) is 2.42. The number of amides is 3. The Bertz CT molecular complexity index is 644. The Balaban J connectivity index is 2.08. The predicted molar refractivity (Wildman–Crippen MR) is 105 cm³/mol. The van der Waals surface area contributed by atoms with Crippen molar-refractivity contribution in [3.63, 3.8) is 0 Å². The number of benzene rings is 1. The van der Waals surface area contributed by atoms with Gasteiger partial charge in [-0.3, -0.25) is 9.59 Å². The van der Waals surface area contributed by atoms with E-state index in [0.717, 1.165) is 5.56 Å². The molecule has 0 saturated heterocycles. The summed E-state index contributed by atoms with van der Waals surface area (Å²) in [4.78, 5) is 34.9. The number of hydrogen-bond donors (Lipinski definition) is 3. The topological polar surface area (TPSA) is 96.5 Å². The Labute approximate surface area is 165 Å². The molecule has 3 N–H and O–H groups in total. The van der Waals surface area contributed by atoms with Gasteiger partial charge in [-0.15, -0.1) is 0 Å². The Morgan fingerprint density at radius 1 is 0.926 bits per heavy atom. The Morgan fingerprint density at radius 2 is 1.52 bits per heavy atom. The highest BCUT2D eigenvalue weighted by atomic mass is 35.5. The fourth-order valence-corrected chi connectivity index (χ4v) is 2.35. The molecule has 0 aliphatic carbocycles. The molecule has 0 atom stereocenters. The van der Waals surface area contributed by atoms with Crippen LogP contribution in [0.25, 0.3) is 0 Å². The number of ether oxygens (including phenoxy) is 1. The minimum absolute atomic E-state index is 0.101. The number of carbonyl (C=O) groups is 3. The van der Waals surface area contributed by atoms with E-state index in [2.05, 4.69) is 16.0 Å². The van der Waals surface area contributed by atoms with Gasteiger partial charge >= 0.3 is 6.09 Å². The van der Waals surface area contributed by atoms with Crippen LogP contribution in [0.2, 0.25) is 5.02 Å². The second kappa shape index (κ2) is 11.4. The monoisotopic (exact) mass is 397 g/mol. The molecule has 0 aliphatic rings. The Hall–Kier alpha value is -2.28. The number of nitrogens with one attached hydrogen (secondary N) is 3. The number of carbonyl (C=O) groups excluding carboxylic acids is 3. The van der Waals surface area contributed by atoms with Crippen molar-refractivity contribution in [3.8, 4) is 0 Å². The molecule has 0 aromatic heterocycles. The maximum Gasteiger partial charge on any atom is 0.407 e. The van der Waals surface area contributed by atoms with Crippen molar-refractivity contribution in [3.05, 3.63) is 34.9 Å². The van der Waals surface area contributed by atoms with E-state index in [0.29, 0.717) is 31.0 Å². The summed E-state index contributed by atoms with van der Waals surface area (Å²) in [6, 6.07) is 7.41. The van der Waals surface area contributed by atoms with Crippen LogP contribution in [0.1, 0.15) is 39.2 Å². The number of hydrogen-bond acceptors (Lipinski definition) is 4. The first kappa shape index (κ1) is 22.8. The Kier molecular flexibility index (Phi) is 9.64. The summed E-state index contributed by atoms with van der Waals surface area (Å²) in [5, 5.41) is 8.58. The summed E-state index contributed by atoms with van der Waals surface area (Å²) >= 11 is 6.05. The average molecular weight is 398 g/mol. The van der Waals surface area contributed by atoms with E-state index in [4.69, 9.17) is 16.3 Å². The molecule has 27 heavy (non-hydrogen) atoms. The molecule has 0 unspecified atom stereocenters. The zero-order valence-corrected chi connectivity index (χ0v) is 16.8. The average Bonchev–Trinajstić information content (AvgIpc) is 2.56. The van der Waals surface area contributed by atoms with Crippen molar-refractivity contribution in [1.29, 1.82) is 0 Å². The largest absolute Gasteiger partial charge is 0.444 e.